The first-order chi connectivity index (χ1) is 15.1. The molecule has 8 heteroatoms. The third-order valence-corrected chi connectivity index (χ3v) is 6.59. The summed E-state index contributed by atoms with van der Waals surface area (Å²) in [6.07, 6.45) is 7.36. The number of aromatic nitrogens is 1. The smallest absolute Gasteiger partial charge is 0.226 e. The van der Waals surface area contributed by atoms with E-state index >= 15 is 0 Å². The summed E-state index contributed by atoms with van der Waals surface area (Å²) >= 11 is 0. The molecule has 1 aromatic carbocycles. The molecule has 0 spiro atoms. The number of nitrogens with one attached hydrogen (secondary N) is 3. The largest absolute Gasteiger partial charge is 0.358 e. The standard InChI is InChI=1S/C23H32FN5O2/c24-20-14-22-18(13-21(20)27-23(31)3-9-26-16-30)4-12-29(22)19-5-10-28(11-6-19)15-17-1-7-25-8-2-17/h4,12-14,16-17,19,25H,1-3,5-11,15H2,(H,26,30)(H,27,31). The van der Waals surface area contributed by atoms with E-state index in [4.69, 9.17) is 0 Å². The summed E-state index contributed by atoms with van der Waals surface area (Å²) in [7, 11) is 0. The first-order valence-electron chi connectivity index (χ1n) is 11.3. The summed E-state index contributed by atoms with van der Waals surface area (Å²) < 4.78 is 16.9. The Balaban J connectivity index is 1.37. The average molecular weight is 430 g/mol. The van der Waals surface area contributed by atoms with E-state index in [0.717, 1.165) is 55.8 Å². The lowest BCUT2D eigenvalue weighted by atomic mass is 9.96. The van der Waals surface area contributed by atoms with Crippen molar-refractivity contribution in [3.63, 3.8) is 0 Å². The lowest BCUT2D eigenvalue weighted by molar-refractivity contribution is -0.116. The van der Waals surface area contributed by atoms with Gasteiger partial charge in [0.2, 0.25) is 12.3 Å². The second-order valence-electron chi connectivity index (χ2n) is 8.71. The van der Waals surface area contributed by atoms with Crippen molar-refractivity contribution in [2.45, 2.75) is 38.1 Å². The zero-order chi connectivity index (χ0) is 21.6. The number of piperidine rings is 2. The van der Waals surface area contributed by atoms with Crippen LogP contribution in [0.4, 0.5) is 10.1 Å². The summed E-state index contributed by atoms with van der Waals surface area (Å²) in [6, 6.07) is 5.57. The normalized spacial score (nSPS) is 18.9. The van der Waals surface area contributed by atoms with E-state index in [-0.39, 0.29) is 24.6 Å². The number of benzene rings is 1. The number of anilines is 1. The van der Waals surface area contributed by atoms with Crippen LogP contribution in [0.15, 0.2) is 24.4 Å². The lowest BCUT2D eigenvalue weighted by Gasteiger charge is -2.36. The Morgan fingerprint density at radius 3 is 2.71 bits per heavy atom. The van der Waals surface area contributed by atoms with Crippen LogP contribution in [0.3, 0.4) is 0 Å². The first-order valence-corrected chi connectivity index (χ1v) is 11.3. The van der Waals surface area contributed by atoms with Gasteiger partial charge >= 0.3 is 0 Å². The molecule has 2 aromatic rings. The van der Waals surface area contributed by atoms with Gasteiger partial charge in [-0.15, -0.1) is 0 Å². The summed E-state index contributed by atoms with van der Waals surface area (Å²) in [5, 5.41) is 9.38. The van der Waals surface area contributed by atoms with Crippen LogP contribution in [-0.2, 0) is 9.59 Å². The number of halogens is 1. The molecule has 2 fully saturated rings. The van der Waals surface area contributed by atoms with Gasteiger partial charge in [0, 0.05) is 56.3 Å². The molecular formula is C23H32FN5O2. The van der Waals surface area contributed by atoms with E-state index in [9.17, 15) is 14.0 Å². The topological polar surface area (TPSA) is 78.4 Å². The maximum absolute atomic E-state index is 14.7. The molecule has 2 saturated heterocycles. The van der Waals surface area contributed by atoms with Gasteiger partial charge in [-0.2, -0.15) is 0 Å². The van der Waals surface area contributed by atoms with E-state index < -0.39 is 5.82 Å². The number of carbonyl (C=O) groups is 2. The Labute approximate surface area is 182 Å². The molecule has 2 aliphatic heterocycles. The number of likely N-dealkylation sites (tertiary alicyclic amines) is 1. The molecule has 31 heavy (non-hydrogen) atoms. The van der Waals surface area contributed by atoms with Crippen LogP contribution in [0.2, 0.25) is 0 Å². The zero-order valence-electron chi connectivity index (χ0n) is 17.9. The van der Waals surface area contributed by atoms with E-state index in [0.29, 0.717) is 12.5 Å². The molecule has 2 aliphatic rings. The Kier molecular flexibility index (Phi) is 7.19. The van der Waals surface area contributed by atoms with Crippen LogP contribution in [0.1, 0.15) is 38.1 Å². The molecule has 168 valence electrons. The number of carbonyl (C=O) groups excluding carboxylic acids is 2. The molecule has 2 amide bonds. The van der Waals surface area contributed by atoms with E-state index in [2.05, 4.69) is 25.4 Å². The van der Waals surface area contributed by atoms with Crippen molar-refractivity contribution in [2.75, 3.05) is 44.6 Å². The van der Waals surface area contributed by atoms with Crippen molar-refractivity contribution in [3.05, 3.63) is 30.2 Å². The SMILES string of the molecule is O=CNCCC(=O)Nc1cc2ccn(C3CCN(CC4CCNCC4)CC3)c2cc1F. The van der Waals surface area contributed by atoms with E-state index in [1.54, 1.807) is 6.07 Å². The van der Waals surface area contributed by atoms with Gasteiger partial charge < -0.3 is 25.4 Å². The number of amides is 2. The highest BCUT2D eigenvalue weighted by Gasteiger charge is 2.24. The second kappa shape index (κ2) is 10.2. The minimum atomic E-state index is -0.438. The van der Waals surface area contributed by atoms with Crippen LogP contribution in [0.25, 0.3) is 10.9 Å². The number of hydrogen-bond acceptors (Lipinski definition) is 4. The molecule has 4 rings (SSSR count). The Morgan fingerprint density at radius 2 is 1.97 bits per heavy atom. The van der Waals surface area contributed by atoms with Crippen LogP contribution >= 0.6 is 0 Å². The Hall–Kier alpha value is -2.45. The molecule has 1 aromatic heterocycles. The second-order valence-corrected chi connectivity index (χ2v) is 8.71. The predicted molar refractivity (Wildman–Crippen MR) is 120 cm³/mol. The van der Waals surface area contributed by atoms with Gasteiger partial charge in [-0.25, -0.2) is 4.39 Å². The van der Waals surface area contributed by atoms with Gasteiger partial charge in [0.25, 0.3) is 0 Å². The molecular weight excluding hydrogens is 397 g/mol. The number of fused-ring (bicyclic) bond motifs is 1. The molecule has 0 unspecified atom stereocenters. The fourth-order valence-electron chi connectivity index (χ4n) is 4.86. The molecule has 0 aliphatic carbocycles. The highest BCUT2D eigenvalue weighted by Crippen LogP contribution is 2.31. The fourth-order valence-corrected chi connectivity index (χ4v) is 4.86. The van der Waals surface area contributed by atoms with Gasteiger partial charge in [0.15, 0.2) is 0 Å². The van der Waals surface area contributed by atoms with Crippen LogP contribution in [0.5, 0.6) is 0 Å². The molecule has 3 N–H and O–H groups in total. The van der Waals surface area contributed by atoms with Crippen molar-refractivity contribution in [1.82, 2.24) is 20.1 Å². The summed E-state index contributed by atoms with van der Waals surface area (Å²) in [6.45, 7) is 5.87. The molecule has 0 radical (unpaired) electrons. The summed E-state index contributed by atoms with van der Waals surface area (Å²) in [5.41, 5.74) is 1.05. The Bertz CT molecular complexity index is 901. The van der Waals surface area contributed by atoms with Crippen molar-refractivity contribution in [1.29, 1.82) is 0 Å². The van der Waals surface area contributed by atoms with Crippen molar-refractivity contribution >= 4 is 28.9 Å². The maximum atomic E-state index is 14.7. The summed E-state index contributed by atoms with van der Waals surface area (Å²) in [4.78, 5) is 24.8. The van der Waals surface area contributed by atoms with Crippen LogP contribution < -0.4 is 16.0 Å². The molecule has 0 atom stereocenters. The number of rotatable bonds is 8. The zero-order valence-corrected chi connectivity index (χ0v) is 17.9. The lowest BCUT2D eigenvalue weighted by Crippen LogP contribution is -2.40. The van der Waals surface area contributed by atoms with Gasteiger partial charge in [0.1, 0.15) is 5.82 Å². The van der Waals surface area contributed by atoms with Crippen LogP contribution in [-0.4, -0.2) is 61.1 Å². The molecule has 7 nitrogen and oxygen atoms in total. The molecule has 0 saturated carbocycles. The third kappa shape index (κ3) is 5.43. The number of hydrogen-bond donors (Lipinski definition) is 3. The van der Waals surface area contributed by atoms with Crippen molar-refractivity contribution in [3.8, 4) is 0 Å². The average Bonchev–Trinajstić information content (AvgIpc) is 3.18. The van der Waals surface area contributed by atoms with Crippen molar-refractivity contribution < 1.29 is 14.0 Å². The van der Waals surface area contributed by atoms with Crippen molar-refractivity contribution in [2.24, 2.45) is 5.92 Å². The van der Waals surface area contributed by atoms with Gasteiger partial charge in [-0.3, -0.25) is 9.59 Å². The van der Waals surface area contributed by atoms with E-state index in [1.165, 1.54) is 25.5 Å². The van der Waals surface area contributed by atoms with Gasteiger partial charge in [0.05, 0.1) is 11.2 Å². The minimum absolute atomic E-state index is 0.104. The minimum Gasteiger partial charge on any atom is -0.358 e. The molecule has 3 heterocycles. The summed E-state index contributed by atoms with van der Waals surface area (Å²) in [5.74, 6) is 0.0443. The molecule has 0 bridgehead atoms. The first kappa shape index (κ1) is 21.8. The predicted octanol–water partition coefficient (Wildman–Crippen LogP) is 2.49. The Morgan fingerprint density at radius 1 is 1.19 bits per heavy atom. The highest BCUT2D eigenvalue weighted by atomic mass is 19.1. The monoisotopic (exact) mass is 429 g/mol. The maximum Gasteiger partial charge on any atom is 0.226 e. The third-order valence-electron chi connectivity index (χ3n) is 6.59. The van der Waals surface area contributed by atoms with Gasteiger partial charge in [-0.1, -0.05) is 0 Å². The quantitative estimate of drug-likeness (QED) is 0.445. The van der Waals surface area contributed by atoms with Crippen LogP contribution in [0, 0.1) is 11.7 Å². The number of nitrogens with zero attached hydrogens (tertiary/aromatic N) is 2. The fraction of sp³-hybridized carbons (Fsp3) is 0.565. The van der Waals surface area contributed by atoms with Gasteiger partial charge in [-0.05, 0) is 56.8 Å². The highest BCUT2D eigenvalue weighted by molar-refractivity contribution is 5.94. The van der Waals surface area contributed by atoms with E-state index in [1.807, 2.05) is 12.3 Å².